The van der Waals surface area contributed by atoms with E-state index in [2.05, 4.69) is 71.7 Å². The third kappa shape index (κ3) is 5.07. The number of nitrogens with zero attached hydrogens (tertiary/aromatic N) is 4. The fourth-order valence-corrected chi connectivity index (χ4v) is 10.7. The molecule has 9 aromatic rings. The third-order valence-electron chi connectivity index (χ3n) is 11.5. The molecule has 0 saturated carbocycles. The van der Waals surface area contributed by atoms with Crippen molar-refractivity contribution < 1.29 is 8.42 Å². The summed E-state index contributed by atoms with van der Waals surface area (Å²) in [5.74, 6) is 0.587. The van der Waals surface area contributed by atoms with Gasteiger partial charge in [0.25, 0.3) is 0 Å². The van der Waals surface area contributed by atoms with E-state index in [-0.39, 0.29) is 0 Å². The lowest BCUT2D eigenvalue weighted by molar-refractivity contribution is 0.579. The van der Waals surface area contributed by atoms with Gasteiger partial charge in [-0.15, -0.1) is 0 Å². The molecule has 1 aliphatic heterocycles. The second-order valence-corrected chi connectivity index (χ2v) is 16.5. The monoisotopic (exact) mass is 764 g/mol. The Kier molecular flexibility index (Phi) is 7.68. The Balaban J connectivity index is 1.21. The first kappa shape index (κ1) is 33.9. The SMILES string of the molecule is O=S1(=O)c2ccccc2C2(c3ccccc3-c3ccccc3-c3ccc(-c4cc(-c5ccc(-c6cccnc6)nc5)nc(-c5ccccc5)n4)cc32)c2ccccc21. The van der Waals surface area contributed by atoms with Crippen LogP contribution in [-0.2, 0) is 15.3 Å². The smallest absolute Gasteiger partial charge is 0.207 e. The quantitative estimate of drug-likeness (QED) is 0.177. The predicted molar refractivity (Wildman–Crippen MR) is 228 cm³/mol. The standard InChI is InChI=1S/C51H32N4O2S/c56-58(57)48-22-10-8-20-42(48)51(43-21-9-11-23-49(43)58)41-19-7-6-18-39(41)37-16-4-5-17-38(37)40-26-24-34(29-44(40)51)46-30-47(55-50(54-46)33-13-2-1-3-14-33)36-25-27-45(53-32-36)35-15-12-28-52-31-35/h1-32H. The fraction of sp³-hybridized carbons (Fsp3) is 0.0196. The van der Waals surface area contributed by atoms with E-state index in [4.69, 9.17) is 15.0 Å². The largest absolute Gasteiger partial charge is 0.264 e. The molecule has 0 fully saturated rings. The molecule has 11 rings (SSSR count). The van der Waals surface area contributed by atoms with Crippen LogP contribution in [0.4, 0.5) is 0 Å². The zero-order valence-corrected chi connectivity index (χ0v) is 31.8. The van der Waals surface area contributed by atoms with E-state index in [1.807, 2.05) is 103 Å². The number of hydrogen-bond acceptors (Lipinski definition) is 6. The normalized spacial score (nSPS) is 13.9. The number of fused-ring (bicyclic) bond motifs is 11. The van der Waals surface area contributed by atoms with Gasteiger partial charge in [0.1, 0.15) is 0 Å². The Hall–Kier alpha value is -7.35. The number of aromatic nitrogens is 4. The molecule has 58 heavy (non-hydrogen) atoms. The highest BCUT2D eigenvalue weighted by Crippen LogP contribution is 2.59. The fourth-order valence-electron chi connectivity index (χ4n) is 8.95. The first-order valence-corrected chi connectivity index (χ1v) is 20.6. The van der Waals surface area contributed by atoms with Crippen LogP contribution in [0.15, 0.2) is 204 Å². The highest BCUT2D eigenvalue weighted by Gasteiger charge is 2.51. The van der Waals surface area contributed by atoms with Crippen molar-refractivity contribution in [2.45, 2.75) is 15.2 Å². The molecule has 0 radical (unpaired) electrons. The minimum Gasteiger partial charge on any atom is -0.264 e. The maximum atomic E-state index is 14.6. The Bertz CT molecular complexity index is 3130. The third-order valence-corrected chi connectivity index (χ3v) is 13.4. The minimum atomic E-state index is -3.85. The number of pyridine rings is 2. The van der Waals surface area contributed by atoms with E-state index in [1.54, 1.807) is 24.5 Å². The summed E-state index contributed by atoms with van der Waals surface area (Å²) in [6, 6.07) is 58.4. The number of sulfone groups is 1. The van der Waals surface area contributed by atoms with E-state index in [9.17, 15) is 8.42 Å². The second-order valence-electron chi connectivity index (χ2n) is 14.6. The van der Waals surface area contributed by atoms with Crippen LogP contribution in [0.25, 0.3) is 67.4 Å². The van der Waals surface area contributed by atoms with Gasteiger partial charge in [0.05, 0.1) is 32.3 Å². The summed E-state index contributed by atoms with van der Waals surface area (Å²) in [5, 5.41) is 0. The van der Waals surface area contributed by atoms with Crippen LogP contribution < -0.4 is 0 Å². The molecule has 6 aromatic carbocycles. The summed E-state index contributed by atoms with van der Waals surface area (Å²) in [4.78, 5) is 20.0. The van der Waals surface area contributed by atoms with Crippen molar-refractivity contribution in [1.82, 2.24) is 19.9 Å². The molecule has 0 unspecified atom stereocenters. The van der Waals surface area contributed by atoms with E-state index in [1.165, 1.54) is 0 Å². The summed E-state index contributed by atoms with van der Waals surface area (Å²) in [6.07, 6.45) is 5.40. The van der Waals surface area contributed by atoms with Crippen LogP contribution >= 0.6 is 0 Å². The van der Waals surface area contributed by atoms with Gasteiger partial charge in [0, 0.05) is 40.8 Å². The molecule has 0 amide bonds. The molecular weight excluding hydrogens is 733 g/mol. The van der Waals surface area contributed by atoms with Gasteiger partial charge in [-0.1, -0.05) is 127 Å². The predicted octanol–water partition coefficient (Wildman–Crippen LogP) is 11.1. The van der Waals surface area contributed by atoms with Crippen molar-refractivity contribution >= 4 is 9.84 Å². The Morgan fingerprint density at radius 3 is 1.60 bits per heavy atom. The first-order chi connectivity index (χ1) is 28.5. The second kappa shape index (κ2) is 13.1. The average molecular weight is 765 g/mol. The summed E-state index contributed by atoms with van der Waals surface area (Å²) in [7, 11) is -3.85. The molecule has 0 N–H and O–H groups in total. The Morgan fingerprint density at radius 1 is 0.397 bits per heavy atom. The van der Waals surface area contributed by atoms with E-state index < -0.39 is 15.3 Å². The van der Waals surface area contributed by atoms with Crippen molar-refractivity contribution in [2.75, 3.05) is 0 Å². The van der Waals surface area contributed by atoms with Gasteiger partial charge in [-0.25, -0.2) is 18.4 Å². The number of hydrogen-bond donors (Lipinski definition) is 0. The van der Waals surface area contributed by atoms with Gasteiger partial charge >= 0.3 is 0 Å². The van der Waals surface area contributed by atoms with Crippen LogP contribution in [0.2, 0.25) is 0 Å². The molecule has 1 spiro atoms. The topological polar surface area (TPSA) is 85.7 Å². The van der Waals surface area contributed by atoms with Crippen molar-refractivity contribution in [3.63, 3.8) is 0 Å². The Labute approximate surface area is 336 Å². The lowest BCUT2D eigenvalue weighted by atomic mass is 9.63. The number of rotatable bonds is 4. The summed E-state index contributed by atoms with van der Waals surface area (Å²) in [5.41, 5.74) is 12.5. The van der Waals surface area contributed by atoms with Gasteiger partial charge in [-0.05, 0) is 93.0 Å². The Morgan fingerprint density at radius 2 is 0.948 bits per heavy atom. The molecule has 0 bridgehead atoms. The zero-order chi connectivity index (χ0) is 38.8. The molecule has 3 aromatic heterocycles. The summed E-state index contributed by atoms with van der Waals surface area (Å²) >= 11 is 0. The number of benzene rings is 6. The van der Waals surface area contributed by atoms with Crippen LogP contribution in [-0.4, -0.2) is 28.4 Å². The van der Waals surface area contributed by atoms with Crippen molar-refractivity contribution in [1.29, 1.82) is 0 Å². The van der Waals surface area contributed by atoms with Gasteiger partial charge < -0.3 is 0 Å². The zero-order valence-electron chi connectivity index (χ0n) is 31.0. The molecule has 7 heteroatoms. The lowest BCUT2D eigenvalue weighted by Crippen LogP contribution is -2.38. The molecule has 0 atom stereocenters. The maximum absolute atomic E-state index is 14.6. The van der Waals surface area contributed by atoms with Gasteiger partial charge in [0.2, 0.25) is 9.84 Å². The van der Waals surface area contributed by atoms with Crippen molar-refractivity contribution in [2.24, 2.45) is 0 Å². The van der Waals surface area contributed by atoms with Crippen LogP contribution in [0.3, 0.4) is 0 Å². The molecular formula is C51H32N4O2S. The summed E-state index contributed by atoms with van der Waals surface area (Å²) < 4.78 is 29.1. The molecule has 274 valence electrons. The molecule has 1 aliphatic carbocycles. The van der Waals surface area contributed by atoms with Crippen LogP contribution in [0, 0.1) is 0 Å². The van der Waals surface area contributed by atoms with E-state index in [0.29, 0.717) is 15.6 Å². The van der Waals surface area contributed by atoms with Gasteiger partial charge in [-0.3, -0.25) is 9.97 Å². The van der Waals surface area contributed by atoms with E-state index in [0.717, 1.165) is 83.8 Å². The highest BCUT2D eigenvalue weighted by atomic mass is 32.2. The summed E-state index contributed by atoms with van der Waals surface area (Å²) in [6.45, 7) is 0. The van der Waals surface area contributed by atoms with Crippen molar-refractivity contribution in [3.05, 3.63) is 217 Å². The molecule has 4 heterocycles. The van der Waals surface area contributed by atoms with Gasteiger partial charge in [-0.2, -0.15) is 0 Å². The van der Waals surface area contributed by atoms with Crippen LogP contribution in [0.1, 0.15) is 22.3 Å². The molecule has 2 aliphatic rings. The highest BCUT2D eigenvalue weighted by molar-refractivity contribution is 7.91. The maximum Gasteiger partial charge on any atom is 0.207 e. The minimum absolute atomic E-state index is 0.309. The molecule has 0 saturated heterocycles. The first-order valence-electron chi connectivity index (χ1n) is 19.1. The van der Waals surface area contributed by atoms with E-state index >= 15 is 0 Å². The van der Waals surface area contributed by atoms with Crippen LogP contribution in [0.5, 0.6) is 0 Å². The molecule has 6 nitrogen and oxygen atoms in total. The average Bonchev–Trinajstić information content (AvgIpc) is 3.40. The van der Waals surface area contributed by atoms with Crippen molar-refractivity contribution in [3.8, 4) is 67.4 Å². The van der Waals surface area contributed by atoms with Gasteiger partial charge in [0.15, 0.2) is 5.82 Å². The lowest BCUT2D eigenvalue weighted by Gasteiger charge is -2.42.